The second-order valence-electron chi connectivity index (χ2n) is 3.12. The summed E-state index contributed by atoms with van der Waals surface area (Å²) in [5.41, 5.74) is 0.646. The number of aromatic nitrogens is 1. The molecule has 0 aromatic carbocycles. The van der Waals surface area contributed by atoms with Crippen molar-refractivity contribution in [2.24, 2.45) is 0 Å². The molecule has 0 radical (unpaired) electrons. The maximum atomic E-state index is 11.9. The molecule has 1 rings (SSSR count). The van der Waals surface area contributed by atoms with E-state index in [1.807, 2.05) is 11.8 Å². The number of halogens is 1. The van der Waals surface area contributed by atoms with Crippen LogP contribution in [0.15, 0.2) is 16.7 Å². The van der Waals surface area contributed by atoms with Crippen LogP contribution in [0.5, 0.6) is 0 Å². The average Bonchev–Trinajstić information content (AvgIpc) is 2.60. The fourth-order valence-corrected chi connectivity index (χ4v) is 1.68. The van der Waals surface area contributed by atoms with E-state index in [2.05, 4.69) is 27.8 Å². The summed E-state index contributed by atoms with van der Waals surface area (Å²) in [6.45, 7) is 5.63. The molecule has 0 spiro atoms. The highest BCUT2D eigenvalue weighted by Crippen LogP contribution is 2.12. The number of H-pyrrole nitrogens is 1. The molecule has 0 bridgehead atoms. The number of carbonyl (C=O) groups excluding carboxylic acids is 1. The second-order valence-corrected chi connectivity index (χ2v) is 4.03. The lowest BCUT2D eigenvalue weighted by Gasteiger charge is -2.18. The van der Waals surface area contributed by atoms with Crippen LogP contribution < -0.4 is 0 Å². The van der Waals surface area contributed by atoms with Crippen LogP contribution >= 0.6 is 15.9 Å². The summed E-state index contributed by atoms with van der Waals surface area (Å²) in [6, 6.07) is 1.81. The maximum absolute atomic E-state index is 11.9. The van der Waals surface area contributed by atoms with Crippen molar-refractivity contribution in [3.63, 3.8) is 0 Å². The maximum Gasteiger partial charge on any atom is 0.270 e. The van der Waals surface area contributed by atoms with Gasteiger partial charge < -0.3 is 9.88 Å². The molecule has 14 heavy (non-hydrogen) atoms. The molecule has 0 atom stereocenters. The van der Waals surface area contributed by atoms with Crippen molar-refractivity contribution in [1.82, 2.24) is 9.88 Å². The number of nitrogens with zero attached hydrogens (tertiary/aromatic N) is 1. The summed E-state index contributed by atoms with van der Waals surface area (Å²) in [6.07, 6.45) is 2.76. The van der Waals surface area contributed by atoms with Gasteiger partial charge in [-0.3, -0.25) is 4.79 Å². The number of carbonyl (C=O) groups is 1. The van der Waals surface area contributed by atoms with Gasteiger partial charge in [-0.25, -0.2) is 0 Å². The van der Waals surface area contributed by atoms with Crippen LogP contribution in [0.2, 0.25) is 0 Å². The third-order valence-electron chi connectivity index (χ3n) is 2.04. The highest BCUT2D eigenvalue weighted by atomic mass is 79.9. The molecule has 78 valence electrons. The Bertz CT molecular complexity index is 309. The number of nitrogens with one attached hydrogen (secondary N) is 1. The highest BCUT2D eigenvalue weighted by molar-refractivity contribution is 9.10. The number of rotatable bonds is 4. The van der Waals surface area contributed by atoms with Gasteiger partial charge in [0.2, 0.25) is 0 Å². The molecule has 1 heterocycles. The van der Waals surface area contributed by atoms with Crippen LogP contribution in [0.3, 0.4) is 0 Å². The molecule has 0 saturated carbocycles. The molecule has 4 heteroatoms. The fraction of sp³-hybridized carbons (Fsp3) is 0.500. The lowest BCUT2D eigenvalue weighted by Crippen LogP contribution is -2.31. The first kappa shape index (κ1) is 11.3. The topological polar surface area (TPSA) is 36.1 Å². The van der Waals surface area contributed by atoms with E-state index in [1.54, 1.807) is 12.3 Å². The van der Waals surface area contributed by atoms with Crippen molar-refractivity contribution in [3.8, 4) is 0 Å². The van der Waals surface area contributed by atoms with Crippen LogP contribution in [0.4, 0.5) is 0 Å². The van der Waals surface area contributed by atoms with Crippen molar-refractivity contribution in [2.45, 2.75) is 20.3 Å². The monoisotopic (exact) mass is 258 g/mol. The van der Waals surface area contributed by atoms with Gasteiger partial charge in [0.25, 0.3) is 5.91 Å². The molecule has 0 fully saturated rings. The van der Waals surface area contributed by atoms with Gasteiger partial charge in [-0.15, -0.1) is 0 Å². The molecular formula is C10H15BrN2O. The largest absolute Gasteiger partial charge is 0.356 e. The average molecular weight is 259 g/mol. The molecular weight excluding hydrogens is 244 g/mol. The van der Waals surface area contributed by atoms with E-state index in [0.717, 1.165) is 24.0 Å². The SMILES string of the molecule is CCCN(CC)C(=O)c1cc(Br)c[nH]1. The van der Waals surface area contributed by atoms with E-state index in [0.29, 0.717) is 5.69 Å². The molecule has 0 saturated heterocycles. The van der Waals surface area contributed by atoms with Crippen LogP contribution in [-0.2, 0) is 0 Å². The summed E-state index contributed by atoms with van der Waals surface area (Å²) in [4.78, 5) is 16.6. The Balaban J connectivity index is 2.72. The van der Waals surface area contributed by atoms with E-state index in [9.17, 15) is 4.79 Å². The molecule has 1 aromatic heterocycles. The van der Waals surface area contributed by atoms with Gasteiger partial charge >= 0.3 is 0 Å². The summed E-state index contributed by atoms with van der Waals surface area (Å²) in [5, 5.41) is 0. The number of aromatic amines is 1. The second kappa shape index (κ2) is 5.20. The Morgan fingerprint density at radius 2 is 2.29 bits per heavy atom. The lowest BCUT2D eigenvalue weighted by molar-refractivity contribution is 0.0759. The van der Waals surface area contributed by atoms with Crippen molar-refractivity contribution in [2.75, 3.05) is 13.1 Å². The normalized spacial score (nSPS) is 10.2. The van der Waals surface area contributed by atoms with E-state index < -0.39 is 0 Å². The Kier molecular flexibility index (Phi) is 4.20. The minimum Gasteiger partial charge on any atom is -0.356 e. The van der Waals surface area contributed by atoms with Gasteiger partial charge in [-0.1, -0.05) is 6.92 Å². The standard InChI is InChI=1S/C10H15BrN2O/c1-3-5-13(4-2)10(14)9-6-8(11)7-12-9/h6-7,12H,3-5H2,1-2H3. The molecule has 0 aliphatic heterocycles. The highest BCUT2D eigenvalue weighted by Gasteiger charge is 2.14. The van der Waals surface area contributed by atoms with Gasteiger partial charge in [0, 0.05) is 23.8 Å². The quantitative estimate of drug-likeness (QED) is 0.886. The van der Waals surface area contributed by atoms with Crippen LogP contribution in [0.1, 0.15) is 30.8 Å². The Hall–Kier alpha value is -0.770. The van der Waals surface area contributed by atoms with E-state index in [4.69, 9.17) is 0 Å². The molecule has 0 aliphatic carbocycles. The van der Waals surface area contributed by atoms with Crippen molar-refractivity contribution >= 4 is 21.8 Å². The molecule has 0 aliphatic rings. The molecule has 0 unspecified atom stereocenters. The fourth-order valence-electron chi connectivity index (χ4n) is 1.33. The smallest absolute Gasteiger partial charge is 0.270 e. The first-order valence-electron chi connectivity index (χ1n) is 4.82. The van der Waals surface area contributed by atoms with Crippen molar-refractivity contribution in [1.29, 1.82) is 0 Å². The Labute approximate surface area is 92.6 Å². The number of hydrogen-bond acceptors (Lipinski definition) is 1. The third kappa shape index (κ3) is 2.61. The van der Waals surface area contributed by atoms with E-state index >= 15 is 0 Å². The predicted molar refractivity (Wildman–Crippen MR) is 60.4 cm³/mol. The zero-order valence-electron chi connectivity index (χ0n) is 8.51. The van der Waals surface area contributed by atoms with Crippen LogP contribution in [-0.4, -0.2) is 28.9 Å². The minimum absolute atomic E-state index is 0.0695. The predicted octanol–water partition coefficient (Wildman–Crippen LogP) is 2.65. The first-order valence-corrected chi connectivity index (χ1v) is 5.61. The number of hydrogen-bond donors (Lipinski definition) is 1. The Morgan fingerprint density at radius 3 is 2.71 bits per heavy atom. The molecule has 3 nitrogen and oxygen atoms in total. The lowest BCUT2D eigenvalue weighted by atomic mass is 10.3. The van der Waals surface area contributed by atoms with Crippen molar-refractivity contribution < 1.29 is 4.79 Å². The molecule has 1 aromatic rings. The van der Waals surface area contributed by atoms with Crippen molar-refractivity contribution in [3.05, 3.63) is 22.4 Å². The van der Waals surface area contributed by atoms with Crippen LogP contribution in [0, 0.1) is 0 Å². The zero-order valence-corrected chi connectivity index (χ0v) is 10.1. The third-order valence-corrected chi connectivity index (χ3v) is 2.50. The molecule has 1 N–H and O–H groups in total. The Morgan fingerprint density at radius 1 is 1.57 bits per heavy atom. The van der Waals surface area contributed by atoms with Crippen LogP contribution in [0.25, 0.3) is 0 Å². The van der Waals surface area contributed by atoms with Gasteiger partial charge in [0.1, 0.15) is 5.69 Å². The summed E-state index contributed by atoms with van der Waals surface area (Å²) < 4.78 is 0.911. The molecule has 1 amide bonds. The van der Waals surface area contributed by atoms with Gasteiger partial charge in [0.05, 0.1) is 0 Å². The minimum atomic E-state index is 0.0695. The van der Waals surface area contributed by atoms with Gasteiger partial charge in [-0.2, -0.15) is 0 Å². The zero-order chi connectivity index (χ0) is 10.6. The first-order chi connectivity index (χ1) is 6.69. The number of amides is 1. The van der Waals surface area contributed by atoms with Gasteiger partial charge in [-0.05, 0) is 35.3 Å². The van der Waals surface area contributed by atoms with E-state index in [1.165, 1.54) is 0 Å². The summed E-state index contributed by atoms with van der Waals surface area (Å²) in [7, 11) is 0. The summed E-state index contributed by atoms with van der Waals surface area (Å²) >= 11 is 3.31. The van der Waals surface area contributed by atoms with E-state index in [-0.39, 0.29) is 5.91 Å². The summed E-state index contributed by atoms with van der Waals surface area (Å²) in [5.74, 6) is 0.0695. The van der Waals surface area contributed by atoms with Gasteiger partial charge in [0.15, 0.2) is 0 Å².